The van der Waals surface area contributed by atoms with Crippen molar-refractivity contribution >= 4 is 22.5 Å². The van der Waals surface area contributed by atoms with Gasteiger partial charge in [0.1, 0.15) is 0 Å². The number of fused-ring (bicyclic) bond motifs is 1. The zero-order valence-corrected chi connectivity index (χ0v) is 7.40. The predicted octanol–water partition coefficient (Wildman–Crippen LogP) is 0.916. The minimum Gasteiger partial charge on any atom is -0.398 e. The van der Waals surface area contributed by atoms with E-state index in [-0.39, 0.29) is 0 Å². The van der Waals surface area contributed by atoms with Crippen LogP contribution in [-0.4, -0.2) is 10.9 Å². The van der Waals surface area contributed by atoms with Gasteiger partial charge in [0.05, 0.1) is 11.1 Å². The molecule has 0 unspecified atom stereocenters. The maximum atomic E-state index is 11.2. The molecule has 2 rings (SSSR count). The Hall–Kier alpha value is -2.10. The highest BCUT2D eigenvalue weighted by molar-refractivity contribution is 6.09. The maximum Gasteiger partial charge on any atom is 0.251 e. The molecule has 4 heteroatoms. The summed E-state index contributed by atoms with van der Waals surface area (Å²) >= 11 is 0. The highest BCUT2D eigenvalue weighted by Crippen LogP contribution is 2.21. The Morgan fingerprint density at radius 2 is 2.07 bits per heavy atom. The lowest BCUT2D eigenvalue weighted by atomic mass is 10.1. The van der Waals surface area contributed by atoms with E-state index in [1.165, 1.54) is 0 Å². The van der Waals surface area contributed by atoms with E-state index in [9.17, 15) is 4.79 Å². The molecule has 0 fully saturated rings. The lowest BCUT2D eigenvalue weighted by Gasteiger charge is -2.05. The Bertz CT molecular complexity index is 508. The fraction of sp³-hybridized carbons (Fsp3) is 0. The number of nitrogens with zero attached hydrogens (tertiary/aromatic N) is 1. The Balaban J connectivity index is 2.90. The average Bonchev–Trinajstić information content (AvgIpc) is 2.17. The van der Waals surface area contributed by atoms with E-state index in [0.717, 1.165) is 5.52 Å². The molecule has 0 aliphatic carbocycles. The first-order valence-electron chi connectivity index (χ1n) is 4.13. The summed E-state index contributed by atoms with van der Waals surface area (Å²) in [7, 11) is 0. The molecule has 1 aromatic carbocycles. The van der Waals surface area contributed by atoms with Crippen LogP contribution in [0, 0.1) is 0 Å². The molecule has 1 heterocycles. The quantitative estimate of drug-likeness (QED) is 0.651. The summed E-state index contributed by atoms with van der Waals surface area (Å²) in [5.74, 6) is -0.527. The number of aromatic nitrogens is 1. The molecule has 0 spiro atoms. The van der Waals surface area contributed by atoms with Gasteiger partial charge in [-0.1, -0.05) is 6.07 Å². The van der Waals surface area contributed by atoms with Crippen molar-refractivity contribution < 1.29 is 4.79 Å². The van der Waals surface area contributed by atoms with Crippen molar-refractivity contribution in [1.29, 1.82) is 0 Å². The van der Waals surface area contributed by atoms with Crippen LogP contribution < -0.4 is 11.5 Å². The molecular weight excluding hydrogens is 178 g/mol. The summed E-state index contributed by atoms with van der Waals surface area (Å²) in [6, 6.07) is 6.92. The van der Waals surface area contributed by atoms with E-state index in [1.807, 2.05) is 0 Å². The summed E-state index contributed by atoms with van der Waals surface area (Å²) in [6.07, 6.45) is 1.66. The molecule has 1 aromatic heterocycles. The SMILES string of the molecule is NC(=O)c1c(N)ccc2ncccc12. The first kappa shape index (κ1) is 8.50. The second-order valence-electron chi connectivity index (χ2n) is 2.96. The number of hydrogen-bond acceptors (Lipinski definition) is 3. The lowest BCUT2D eigenvalue weighted by molar-refractivity contribution is 0.100. The van der Waals surface area contributed by atoms with Crippen LogP contribution in [0.2, 0.25) is 0 Å². The van der Waals surface area contributed by atoms with Crippen molar-refractivity contribution in [2.45, 2.75) is 0 Å². The van der Waals surface area contributed by atoms with Gasteiger partial charge in [-0.15, -0.1) is 0 Å². The van der Waals surface area contributed by atoms with Gasteiger partial charge in [0, 0.05) is 17.3 Å². The van der Waals surface area contributed by atoms with Crippen LogP contribution in [-0.2, 0) is 0 Å². The first-order valence-corrected chi connectivity index (χ1v) is 4.13. The fourth-order valence-electron chi connectivity index (χ4n) is 1.44. The Morgan fingerprint density at radius 1 is 1.29 bits per heavy atom. The molecule has 70 valence electrons. The molecule has 0 saturated heterocycles. The molecule has 2 aromatic rings. The van der Waals surface area contributed by atoms with E-state index in [2.05, 4.69) is 4.98 Å². The van der Waals surface area contributed by atoms with Gasteiger partial charge in [0.15, 0.2) is 0 Å². The third-order valence-electron chi connectivity index (χ3n) is 2.06. The van der Waals surface area contributed by atoms with E-state index < -0.39 is 5.91 Å². The van der Waals surface area contributed by atoms with Crippen LogP contribution in [0.15, 0.2) is 30.5 Å². The maximum absolute atomic E-state index is 11.2. The summed E-state index contributed by atoms with van der Waals surface area (Å²) < 4.78 is 0. The predicted molar refractivity (Wildman–Crippen MR) is 54.7 cm³/mol. The highest BCUT2D eigenvalue weighted by atomic mass is 16.1. The second-order valence-corrected chi connectivity index (χ2v) is 2.96. The molecule has 0 radical (unpaired) electrons. The van der Waals surface area contributed by atoms with Crippen molar-refractivity contribution in [2.24, 2.45) is 5.73 Å². The normalized spacial score (nSPS) is 10.3. The van der Waals surface area contributed by atoms with Gasteiger partial charge in [0.2, 0.25) is 0 Å². The van der Waals surface area contributed by atoms with Gasteiger partial charge in [-0.2, -0.15) is 0 Å². The van der Waals surface area contributed by atoms with Crippen LogP contribution in [0.1, 0.15) is 10.4 Å². The third kappa shape index (κ3) is 1.17. The topological polar surface area (TPSA) is 82.0 Å². The van der Waals surface area contributed by atoms with Gasteiger partial charge in [-0.3, -0.25) is 9.78 Å². The van der Waals surface area contributed by atoms with Crippen molar-refractivity contribution in [3.8, 4) is 0 Å². The minimum atomic E-state index is -0.527. The lowest BCUT2D eigenvalue weighted by Crippen LogP contribution is -2.14. The van der Waals surface area contributed by atoms with Gasteiger partial charge in [-0.25, -0.2) is 0 Å². The molecule has 4 N–H and O–H groups in total. The number of pyridine rings is 1. The minimum absolute atomic E-state index is 0.343. The summed E-state index contributed by atoms with van der Waals surface area (Å²) in [6.45, 7) is 0. The Labute approximate surface area is 80.5 Å². The van der Waals surface area contributed by atoms with Gasteiger partial charge in [-0.05, 0) is 18.2 Å². The van der Waals surface area contributed by atoms with Crippen LogP contribution in [0.25, 0.3) is 10.9 Å². The fourth-order valence-corrected chi connectivity index (χ4v) is 1.44. The molecule has 0 bridgehead atoms. The molecule has 0 aliphatic heterocycles. The summed E-state index contributed by atoms with van der Waals surface area (Å²) in [5.41, 5.74) is 12.3. The molecule has 0 aliphatic rings. The number of nitrogen functional groups attached to an aromatic ring is 1. The number of hydrogen-bond donors (Lipinski definition) is 2. The Morgan fingerprint density at radius 3 is 2.79 bits per heavy atom. The second kappa shape index (κ2) is 2.99. The van der Waals surface area contributed by atoms with Crippen molar-refractivity contribution in [3.05, 3.63) is 36.0 Å². The number of anilines is 1. The number of carbonyl (C=O) groups is 1. The number of benzene rings is 1. The van der Waals surface area contributed by atoms with Crippen LogP contribution >= 0.6 is 0 Å². The van der Waals surface area contributed by atoms with Crippen LogP contribution in [0.3, 0.4) is 0 Å². The van der Waals surface area contributed by atoms with Gasteiger partial charge >= 0.3 is 0 Å². The summed E-state index contributed by atoms with van der Waals surface area (Å²) in [5, 5.41) is 0.694. The molecule has 4 nitrogen and oxygen atoms in total. The number of primary amides is 1. The third-order valence-corrected chi connectivity index (χ3v) is 2.06. The molecule has 0 saturated carbocycles. The van der Waals surface area contributed by atoms with Crippen molar-refractivity contribution in [3.63, 3.8) is 0 Å². The molecule has 1 amide bonds. The molecule has 14 heavy (non-hydrogen) atoms. The average molecular weight is 187 g/mol. The zero-order chi connectivity index (χ0) is 10.1. The van der Waals surface area contributed by atoms with E-state index in [0.29, 0.717) is 16.6 Å². The van der Waals surface area contributed by atoms with E-state index in [4.69, 9.17) is 11.5 Å². The van der Waals surface area contributed by atoms with Crippen molar-refractivity contribution in [2.75, 3.05) is 5.73 Å². The number of rotatable bonds is 1. The van der Waals surface area contributed by atoms with Crippen LogP contribution in [0.5, 0.6) is 0 Å². The summed E-state index contributed by atoms with van der Waals surface area (Å²) in [4.78, 5) is 15.3. The van der Waals surface area contributed by atoms with E-state index in [1.54, 1.807) is 30.5 Å². The molecular formula is C10H9N3O. The van der Waals surface area contributed by atoms with Gasteiger partial charge in [0.25, 0.3) is 5.91 Å². The van der Waals surface area contributed by atoms with Gasteiger partial charge < -0.3 is 11.5 Å². The standard InChI is InChI=1S/C10H9N3O/c11-7-3-4-8-6(2-1-5-13-8)9(7)10(12)14/h1-5H,11H2,(H2,12,14). The monoisotopic (exact) mass is 187 g/mol. The largest absolute Gasteiger partial charge is 0.398 e. The van der Waals surface area contributed by atoms with Crippen molar-refractivity contribution in [1.82, 2.24) is 4.98 Å². The van der Waals surface area contributed by atoms with E-state index >= 15 is 0 Å². The highest BCUT2D eigenvalue weighted by Gasteiger charge is 2.10. The number of amides is 1. The first-order chi connectivity index (χ1) is 6.70. The smallest absolute Gasteiger partial charge is 0.251 e. The number of nitrogens with two attached hydrogens (primary N) is 2. The number of carbonyl (C=O) groups excluding carboxylic acids is 1. The molecule has 0 atom stereocenters. The Kier molecular flexibility index (Phi) is 1.81. The zero-order valence-electron chi connectivity index (χ0n) is 7.40. The van der Waals surface area contributed by atoms with Crippen LogP contribution in [0.4, 0.5) is 5.69 Å².